The van der Waals surface area contributed by atoms with Crippen LogP contribution in [0.5, 0.6) is 0 Å². The molecule has 0 aromatic rings. The second kappa shape index (κ2) is 6.86. The first-order valence-electron chi connectivity index (χ1n) is 3.22. The number of nitrogens with zero attached hydrogens (tertiary/aromatic N) is 1. The van der Waals surface area contributed by atoms with Gasteiger partial charge in [0, 0.05) is 6.42 Å². The predicted molar refractivity (Wildman–Crippen MR) is 39.7 cm³/mol. The highest BCUT2D eigenvalue weighted by Crippen LogP contribution is 1.82. The molecule has 0 aromatic carbocycles. The fourth-order valence-corrected chi connectivity index (χ4v) is 0.476. The minimum atomic E-state index is -0.191. The zero-order chi connectivity index (χ0) is 8.53. The zero-order valence-corrected chi connectivity index (χ0v) is 6.25. The summed E-state index contributed by atoms with van der Waals surface area (Å²) in [5.74, 6) is -0.191. The predicted octanol–water partition coefficient (Wildman–Crippen LogP) is 0.458. The molecule has 60 valence electrons. The van der Waals surface area contributed by atoms with Gasteiger partial charge in [0.2, 0.25) is 5.78 Å². The molecule has 0 aliphatic rings. The second-order valence-electron chi connectivity index (χ2n) is 1.84. The minimum Gasteiger partial charge on any atom is -0.377 e. The molecule has 0 unspecified atom stereocenters. The van der Waals surface area contributed by atoms with Crippen molar-refractivity contribution in [1.82, 2.24) is 0 Å². The van der Waals surface area contributed by atoms with Gasteiger partial charge < -0.3 is 4.74 Å². The summed E-state index contributed by atoms with van der Waals surface area (Å²) in [7, 11) is 0. The van der Waals surface area contributed by atoms with Crippen molar-refractivity contribution in [2.75, 3.05) is 13.2 Å². The van der Waals surface area contributed by atoms with Crippen molar-refractivity contribution in [3.63, 3.8) is 0 Å². The van der Waals surface area contributed by atoms with Crippen LogP contribution in [0.2, 0.25) is 0 Å². The summed E-state index contributed by atoms with van der Waals surface area (Å²) in [6, 6.07) is 0. The Kier molecular flexibility index (Phi) is 6.08. The Morgan fingerprint density at radius 3 is 3.00 bits per heavy atom. The van der Waals surface area contributed by atoms with Crippen LogP contribution in [0.4, 0.5) is 0 Å². The molecule has 0 amide bonds. The molecule has 0 spiro atoms. The number of carbonyl (C=O) groups is 1. The summed E-state index contributed by atoms with van der Waals surface area (Å²) in [5.41, 5.74) is 6.34. The van der Waals surface area contributed by atoms with E-state index in [1.165, 1.54) is 0 Å². The summed E-state index contributed by atoms with van der Waals surface area (Å²) >= 11 is 0. The Bertz CT molecular complexity index is 183. The van der Waals surface area contributed by atoms with Gasteiger partial charge in [0.1, 0.15) is 0 Å². The molecule has 0 saturated heterocycles. The van der Waals surface area contributed by atoms with Gasteiger partial charge in [-0.2, -0.15) is 0 Å². The lowest BCUT2D eigenvalue weighted by molar-refractivity contribution is -0.131. The standard InChI is InChI=1S/C7H11N2O2/c1-2-4-11-5-3-7(10)6-9-8/h2,6,8H,1,3-5H2/q+1. The number of rotatable bonds is 6. The fraction of sp³-hybridized carbons (Fsp3) is 0.429. The summed E-state index contributed by atoms with van der Waals surface area (Å²) in [6.07, 6.45) is 2.86. The van der Waals surface area contributed by atoms with E-state index in [0.717, 1.165) is 6.21 Å². The van der Waals surface area contributed by atoms with Crippen molar-refractivity contribution < 1.29 is 14.3 Å². The lowest BCUT2D eigenvalue weighted by Crippen LogP contribution is -2.05. The van der Waals surface area contributed by atoms with Gasteiger partial charge in [-0.15, -0.1) is 6.58 Å². The first-order valence-corrected chi connectivity index (χ1v) is 3.22. The van der Waals surface area contributed by atoms with Gasteiger partial charge in [0.15, 0.2) is 0 Å². The summed E-state index contributed by atoms with van der Waals surface area (Å²) in [5, 5.41) is 0. The van der Waals surface area contributed by atoms with Gasteiger partial charge in [-0.05, 0) is 0 Å². The molecule has 0 aromatic heterocycles. The van der Waals surface area contributed by atoms with Crippen LogP contribution >= 0.6 is 0 Å². The van der Waals surface area contributed by atoms with E-state index >= 15 is 0 Å². The topological polar surface area (TPSA) is 64.2 Å². The number of Topliss-reactive ketones (excluding diaryl/α,β-unsaturated/α-hetero) is 1. The molecule has 0 radical (unpaired) electrons. The normalized spacial score (nSPS) is 8.36. The Balaban J connectivity index is 3.31. The molecule has 0 heterocycles. The van der Waals surface area contributed by atoms with E-state index in [1.54, 1.807) is 6.08 Å². The van der Waals surface area contributed by atoms with Crippen LogP contribution < -0.4 is 0 Å². The van der Waals surface area contributed by atoms with E-state index in [0.29, 0.717) is 13.2 Å². The van der Waals surface area contributed by atoms with E-state index in [1.807, 2.05) is 0 Å². The van der Waals surface area contributed by atoms with Crippen molar-refractivity contribution >= 4 is 12.0 Å². The van der Waals surface area contributed by atoms with Crippen LogP contribution in [0, 0.1) is 5.53 Å². The number of carbonyl (C=O) groups excluding carboxylic acids is 1. The zero-order valence-electron chi connectivity index (χ0n) is 6.25. The SMILES string of the molecule is C=CCOCCC(=O)C=[N+]=N. The highest BCUT2D eigenvalue weighted by atomic mass is 16.5. The first-order chi connectivity index (χ1) is 5.31. The third kappa shape index (κ3) is 6.64. The average Bonchev–Trinajstić information content (AvgIpc) is 1.99. The van der Waals surface area contributed by atoms with E-state index in [2.05, 4.69) is 11.4 Å². The van der Waals surface area contributed by atoms with Gasteiger partial charge in [0.05, 0.1) is 23.5 Å². The van der Waals surface area contributed by atoms with Gasteiger partial charge >= 0.3 is 6.21 Å². The van der Waals surface area contributed by atoms with Crippen molar-refractivity contribution in [2.45, 2.75) is 6.42 Å². The summed E-state index contributed by atoms with van der Waals surface area (Å²) < 4.78 is 4.94. The minimum absolute atomic E-state index is 0.191. The number of ether oxygens (including phenoxy) is 1. The van der Waals surface area contributed by atoms with E-state index in [9.17, 15) is 4.79 Å². The maximum absolute atomic E-state index is 10.6. The second-order valence-corrected chi connectivity index (χ2v) is 1.84. The summed E-state index contributed by atoms with van der Waals surface area (Å²) in [6.45, 7) is 4.26. The third-order valence-electron chi connectivity index (χ3n) is 0.937. The molecule has 0 rings (SSSR count). The third-order valence-corrected chi connectivity index (χ3v) is 0.937. The van der Waals surface area contributed by atoms with Crippen LogP contribution in [0.3, 0.4) is 0 Å². The molecular weight excluding hydrogens is 144 g/mol. The van der Waals surface area contributed by atoms with E-state index in [4.69, 9.17) is 10.3 Å². The number of nitrogens with one attached hydrogen (secondary N) is 1. The monoisotopic (exact) mass is 155 g/mol. The van der Waals surface area contributed by atoms with Crippen molar-refractivity contribution in [2.24, 2.45) is 0 Å². The molecule has 0 atom stereocenters. The smallest absolute Gasteiger partial charge is 0.372 e. The average molecular weight is 155 g/mol. The number of ketones is 1. The molecule has 0 aliphatic heterocycles. The maximum Gasteiger partial charge on any atom is 0.372 e. The number of hydrogen-bond donors (Lipinski definition) is 1. The molecule has 1 N–H and O–H groups in total. The lowest BCUT2D eigenvalue weighted by atomic mass is 10.3. The van der Waals surface area contributed by atoms with Crippen LogP contribution in [-0.4, -0.2) is 30.0 Å². The highest BCUT2D eigenvalue weighted by molar-refractivity contribution is 6.25. The van der Waals surface area contributed by atoms with Crippen molar-refractivity contribution in [1.29, 1.82) is 5.53 Å². The number of hydrogen-bond acceptors (Lipinski definition) is 3. The van der Waals surface area contributed by atoms with Crippen molar-refractivity contribution in [3.8, 4) is 0 Å². The van der Waals surface area contributed by atoms with Gasteiger partial charge in [-0.1, -0.05) is 6.08 Å². The Hall–Kier alpha value is -1.25. The van der Waals surface area contributed by atoms with Crippen molar-refractivity contribution in [3.05, 3.63) is 12.7 Å². The van der Waals surface area contributed by atoms with Gasteiger partial charge in [0.25, 0.3) is 0 Å². The van der Waals surface area contributed by atoms with Crippen LogP contribution in [0.25, 0.3) is 0 Å². The Morgan fingerprint density at radius 2 is 2.45 bits per heavy atom. The highest BCUT2D eigenvalue weighted by Gasteiger charge is 2.02. The Morgan fingerprint density at radius 1 is 1.73 bits per heavy atom. The van der Waals surface area contributed by atoms with Crippen LogP contribution in [0.1, 0.15) is 6.42 Å². The van der Waals surface area contributed by atoms with E-state index < -0.39 is 0 Å². The molecule has 0 fully saturated rings. The molecule has 4 heteroatoms. The van der Waals surface area contributed by atoms with E-state index in [-0.39, 0.29) is 12.2 Å². The first kappa shape index (κ1) is 9.75. The van der Waals surface area contributed by atoms with Gasteiger partial charge in [-0.25, -0.2) is 0 Å². The molecule has 0 bridgehead atoms. The Labute approximate surface area is 65.1 Å². The lowest BCUT2D eigenvalue weighted by Gasteiger charge is -1.94. The molecular formula is C7H11N2O2+. The molecule has 11 heavy (non-hydrogen) atoms. The maximum atomic E-state index is 10.6. The largest absolute Gasteiger partial charge is 0.377 e. The molecule has 0 saturated carbocycles. The fourth-order valence-electron chi connectivity index (χ4n) is 0.476. The summed E-state index contributed by atoms with van der Waals surface area (Å²) in [4.78, 5) is 13.5. The van der Waals surface area contributed by atoms with Gasteiger partial charge in [-0.3, -0.25) is 4.79 Å². The molecule has 4 nitrogen and oxygen atoms in total. The quantitative estimate of drug-likeness (QED) is 0.199. The molecule has 0 aliphatic carbocycles. The van der Waals surface area contributed by atoms with Crippen LogP contribution in [-0.2, 0) is 9.53 Å². The van der Waals surface area contributed by atoms with Crippen LogP contribution in [0.15, 0.2) is 12.7 Å².